The Balaban J connectivity index is 1.78. The minimum atomic E-state index is -0.421. The summed E-state index contributed by atoms with van der Waals surface area (Å²) in [6, 6.07) is 19.8. The minimum Gasteiger partial charge on any atom is -0.493 e. The summed E-state index contributed by atoms with van der Waals surface area (Å²) in [4.78, 5) is 25.2. The zero-order valence-electron chi connectivity index (χ0n) is 19.6. The van der Waals surface area contributed by atoms with Gasteiger partial charge in [-0.1, -0.05) is 35.9 Å². The van der Waals surface area contributed by atoms with E-state index < -0.39 is 5.97 Å². The quantitative estimate of drug-likeness (QED) is 0.387. The van der Waals surface area contributed by atoms with Crippen LogP contribution in [0.5, 0.6) is 17.2 Å². The van der Waals surface area contributed by atoms with Crippen molar-refractivity contribution in [3.05, 3.63) is 89.0 Å². The maximum Gasteiger partial charge on any atom is 0.308 e. The second-order valence-electron chi connectivity index (χ2n) is 7.99. The number of amides is 1. The molecule has 3 aromatic rings. The average Bonchev–Trinajstić information content (AvgIpc) is 3.29. The molecule has 0 radical (unpaired) electrons. The molecule has 1 aliphatic rings. The van der Waals surface area contributed by atoms with Crippen molar-refractivity contribution in [2.75, 3.05) is 14.2 Å². The number of carbonyl (C=O) groups excluding carboxylic acids is 2. The molecular weight excluding hydrogens is 432 g/mol. The number of benzene rings is 3. The molecule has 0 saturated heterocycles. The minimum absolute atomic E-state index is 0.222. The maximum atomic E-state index is 13.5. The normalized spacial score (nSPS) is 15.0. The summed E-state index contributed by atoms with van der Waals surface area (Å²) in [6.45, 7) is 3.33. The molecule has 0 bridgehead atoms. The highest BCUT2D eigenvalue weighted by molar-refractivity contribution is 6.07. The third kappa shape index (κ3) is 4.64. The molecule has 1 amide bonds. The topological polar surface area (TPSA) is 77.4 Å². The van der Waals surface area contributed by atoms with Crippen molar-refractivity contribution in [1.29, 1.82) is 0 Å². The highest BCUT2D eigenvalue weighted by atomic mass is 16.5. The Hall–Kier alpha value is -4.13. The molecule has 0 aromatic heterocycles. The number of hydrazone groups is 1. The Morgan fingerprint density at radius 3 is 2.29 bits per heavy atom. The smallest absolute Gasteiger partial charge is 0.308 e. The number of hydrogen-bond acceptors (Lipinski definition) is 6. The van der Waals surface area contributed by atoms with Crippen molar-refractivity contribution in [3.63, 3.8) is 0 Å². The van der Waals surface area contributed by atoms with Gasteiger partial charge in [0.05, 0.1) is 26.0 Å². The number of esters is 1. The highest BCUT2D eigenvalue weighted by Crippen LogP contribution is 2.39. The molecule has 7 nitrogen and oxygen atoms in total. The van der Waals surface area contributed by atoms with Gasteiger partial charge in [-0.3, -0.25) is 9.59 Å². The number of para-hydroxylation sites is 1. The molecule has 34 heavy (non-hydrogen) atoms. The second-order valence-corrected chi connectivity index (χ2v) is 7.99. The molecular formula is C27H26N2O5. The highest BCUT2D eigenvalue weighted by Gasteiger charge is 2.35. The fourth-order valence-electron chi connectivity index (χ4n) is 3.96. The third-order valence-electron chi connectivity index (χ3n) is 5.66. The predicted octanol–water partition coefficient (Wildman–Crippen LogP) is 4.93. The molecule has 0 unspecified atom stereocenters. The summed E-state index contributed by atoms with van der Waals surface area (Å²) in [7, 11) is 3.15. The Morgan fingerprint density at radius 2 is 1.62 bits per heavy atom. The Morgan fingerprint density at radius 1 is 0.912 bits per heavy atom. The number of rotatable bonds is 6. The number of aryl methyl sites for hydroxylation is 1. The molecule has 0 aliphatic carbocycles. The summed E-state index contributed by atoms with van der Waals surface area (Å²) in [6.07, 6.45) is 0.436. The van der Waals surface area contributed by atoms with Crippen LogP contribution in [0, 0.1) is 6.92 Å². The molecule has 4 rings (SSSR count). The SMILES string of the molecule is COc1ccc([C@H]2CC(c3ccccc3OC(C)=O)=NN2C(=O)c2ccc(C)cc2)cc1OC. The van der Waals surface area contributed by atoms with E-state index in [-0.39, 0.29) is 11.9 Å². The maximum absolute atomic E-state index is 13.5. The zero-order chi connectivity index (χ0) is 24.2. The van der Waals surface area contributed by atoms with E-state index in [4.69, 9.17) is 19.3 Å². The predicted molar refractivity (Wildman–Crippen MR) is 129 cm³/mol. The molecule has 1 aliphatic heterocycles. The van der Waals surface area contributed by atoms with Crippen LogP contribution in [0.3, 0.4) is 0 Å². The number of methoxy groups -OCH3 is 2. The van der Waals surface area contributed by atoms with Crippen molar-refractivity contribution >= 4 is 17.6 Å². The summed E-state index contributed by atoms with van der Waals surface area (Å²) < 4.78 is 16.2. The lowest BCUT2D eigenvalue weighted by atomic mass is 9.97. The van der Waals surface area contributed by atoms with Crippen LogP contribution in [-0.2, 0) is 4.79 Å². The first-order valence-corrected chi connectivity index (χ1v) is 10.9. The van der Waals surface area contributed by atoms with Gasteiger partial charge in [-0.25, -0.2) is 5.01 Å². The number of ether oxygens (including phenoxy) is 3. The summed E-state index contributed by atoms with van der Waals surface area (Å²) in [5, 5.41) is 6.21. The van der Waals surface area contributed by atoms with Crippen LogP contribution in [0.25, 0.3) is 0 Å². The van der Waals surface area contributed by atoms with E-state index in [1.54, 1.807) is 38.5 Å². The van der Waals surface area contributed by atoms with Crippen LogP contribution < -0.4 is 14.2 Å². The van der Waals surface area contributed by atoms with Gasteiger partial charge in [0.2, 0.25) is 0 Å². The monoisotopic (exact) mass is 458 g/mol. The largest absolute Gasteiger partial charge is 0.493 e. The van der Waals surface area contributed by atoms with Crippen molar-refractivity contribution < 1.29 is 23.8 Å². The second kappa shape index (κ2) is 9.79. The van der Waals surface area contributed by atoms with Crippen molar-refractivity contribution in [1.82, 2.24) is 5.01 Å². The fourth-order valence-corrected chi connectivity index (χ4v) is 3.96. The van der Waals surface area contributed by atoms with Crippen molar-refractivity contribution in [2.45, 2.75) is 26.3 Å². The van der Waals surface area contributed by atoms with E-state index in [9.17, 15) is 9.59 Å². The van der Waals surface area contributed by atoms with Crippen LogP contribution in [0.4, 0.5) is 0 Å². The summed E-state index contributed by atoms with van der Waals surface area (Å²) >= 11 is 0. The first kappa shape index (κ1) is 23.0. The summed E-state index contributed by atoms with van der Waals surface area (Å²) in [5.74, 6) is 0.928. The van der Waals surface area contributed by atoms with Gasteiger partial charge in [0.1, 0.15) is 5.75 Å². The van der Waals surface area contributed by atoms with E-state index in [1.807, 2.05) is 49.4 Å². The molecule has 7 heteroatoms. The van der Waals surface area contributed by atoms with Crippen LogP contribution in [-0.4, -0.2) is 36.8 Å². The van der Waals surface area contributed by atoms with Crippen LogP contribution in [0.1, 0.15) is 46.4 Å². The lowest BCUT2D eigenvalue weighted by Crippen LogP contribution is -2.27. The molecule has 3 aromatic carbocycles. The van der Waals surface area contributed by atoms with Gasteiger partial charge in [-0.05, 0) is 48.9 Å². The van der Waals surface area contributed by atoms with Crippen molar-refractivity contribution in [2.24, 2.45) is 5.10 Å². The number of hydrogen-bond donors (Lipinski definition) is 0. The van der Waals surface area contributed by atoms with E-state index >= 15 is 0 Å². The van der Waals surface area contributed by atoms with Gasteiger partial charge >= 0.3 is 5.97 Å². The van der Waals surface area contributed by atoms with Gasteiger partial charge in [-0.2, -0.15) is 5.10 Å². The van der Waals surface area contributed by atoms with Gasteiger partial charge < -0.3 is 14.2 Å². The van der Waals surface area contributed by atoms with Crippen LogP contribution in [0.15, 0.2) is 71.8 Å². The molecule has 174 valence electrons. The fraction of sp³-hybridized carbons (Fsp3) is 0.222. The first-order valence-electron chi connectivity index (χ1n) is 10.9. The van der Waals surface area contributed by atoms with E-state index in [0.717, 1.165) is 11.1 Å². The molecule has 0 fully saturated rings. The Bertz CT molecular complexity index is 1250. The molecule has 0 spiro atoms. The number of nitrogens with zero attached hydrogens (tertiary/aromatic N) is 2. The first-order chi connectivity index (χ1) is 16.4. The molecule has 1 heterocycles. The van der Waals surface area contributed by atoms with Gasteiger partial charge in [-0.15, -0.1) is 0 Å². The Labute approximate surface area is 198 Å². The van der Waals surface area contributed by atoms with Gasteiger partial charge in [0.15, 0.2) is 11.5 Å². The standard InChI is InChI=1S/C27H26N2O5/c1-17-9-11-19(12-10-17)27(31)29-23(20-13-14-25(32-3)26(15-20)33-4)16-22(28-29)21-7-5-6-8-24(21)34-18(2)30/h5-15,23H,16H2,1-4H3/t23-/m1/s1. The molecule has 1 atom stereocenters. The van der Waals surface area contributed by atoms with Gasteiger partial charge in [0, 0.05) is 24.5 Å². The zero-order valence-corrected chi connectivity index (χ0v) is 19.6. The molecule has 0 saturated carbocycles. The molecule has 0 N–H and O–H groups in total. The van der Waals surface area contributed by atoms with Crippen LogP contribution >= 0.6 is 0 Å². The Kier molecular flexibility index (Phi) is 6.63. The van der Waals surface area contributed by atoms with Gasteiger partial charge in [0.25, 0.3) is 5.91 Å². The van der Waals surface area contributed by atoms with E-state index in [0.29, 0.717) is 40.5 Å². The van der Waals surface area contributed by atoms with E-state index in [2.05, 4.69) is 0 Å². The summed E-state index contributed by atoms with van der Waals surface area (Å²) in [5.41, 5.74) is 3.77. The van der Waals surface area contributed by atoms with Crippen molar-refractivity contribution in [3.8, 4) is 17.2 Å². The lowest BCUT2D eigenvalue weighted by molar-refractivity contribution is -0.131. The number of carbonyl (C=O) groups is 2. The lowest BCUT2D eigenvalue weighted by Gasteiger charge is -2.23. The van der Waals surface area contributed by atoms with E-state index in [1.165, 1.54) is 11.9 Å². The third-order valence-corrected chi connectivity index (χ3v) is 5.66. The average molecular weight is 459 g/mol. The van der Waals surface area contributed by atoms with Crippen LogP contribution in [0.2, 0.25) is 0 Å².